The van der Waals surface area contributed by atoms with Crippen molar-refractivity contribution < 1.29 is 4.74 Å². The van der Waals surface area contributed by atoms with E-state index in [-0.39, 0.29) is 0 Å². The lowest BCUT2D eigenvalue weighted by atomic mass is 10.1. The SMILES string of the molecule is Cc1ccnc(Oc2ccc3cc(Br)ccc3c2)c1Br. The summed E-state index contributed by atoms with van der Waals surface area (Å²) in [6.45, 7) is 2.01. The highest BCUT2D eigenvalue weighted by Gasteiger charge is 2.07. The Balaban J connectivity index is 1.99. The molecule has 0 saturated carbocycles. The van der Waals surface area contributed by atoms with E-state index in [0.29, 0.717) is 5.88 Å². The van der Waals surface area contributed by atoms with E-state index in [4.69, 9.17) is 4.74 Å². The Hall–Kier alpha value is -1.39. The van der Waals surface area contributed by atoms with Gasteiger partial charge >= 0.3 is 0 Å². The van der Waals surface area contributed by atoms with Gasteiger partial charge in [-0.15, -0.1) is 0 Å². The molecular formula is C16H11Br2NO. The number of ether oxygens (including phenoxy) is 1. The summed E-state index contributed by atoms with van der Waals surface area (Å²) in [5, 5.41) is 2.30. The highest BCUT2D eigenvalue weighted by atomic mass is 79.9. The summed E-state index contributed by atoms with van der Waals surface area (Å²) in [5.41, 5.74) is 1.10. The maximum atomic E-state index is 5.86. The third-order valence-electron chi connectivity index (χ3n) is 3.04. The van der Waals surface area contributed by atoms with Crippen molar-refractivity contribution in [1.82, 2.24) is 4.98 Å². The zero-order chi connectivity index (χ0) is 14.1. The summed E-state index contributed by atoms with van der Waals surface area (Å²) in [4.78, 5) is 4.25. The average Bonchev–Trinajstić information content (AvgIpc) is 2.44. The molecule has 4 heteroatoms. The quantitative estimate of drug-likeness (QED) is 0.544. The van der Waals surface area contributed by atoms with Gasteiger partial charge in [-0.2, -0.15) is 0 Å². The van der Waals surface area contributed by atoms with Crippen LogP contribution in [0, 0.1) is 6.92 Å². The molecule has 1 aromatic heterocycles. The normalized spacial score (nSPS) is 10.8. The van der Waals surface area contributed by atoms with Crippen LogP contribution in [0.25, 0.3) is 10.8 Å². The van der Waals surface area contributed by atoms with Crippen LogP contribution in [0.15, 0.2) is 57.6 Å². The number of hydrogen-bond donors (Lipinski definition) is 0. The molecule has 3 rings (SSSR count). The van der Waals surface area contributed by atoms with Gasteiger partial charge in [0.1, 0.15) is 5.75 Å². The Bertz CT molecular complexity index is 787. The molecule has 0 aliphatic heterocycles. The maximum absolute atomic E-state index is 5.86. The van der Waals surface area contributed by atoms with Crippen LogP contribution >= 0.6 is 31.9 Å². The van der Waals surface area contributed by atoms with Crippen molar-refractivity contribution in [3.05, 3.63) is 63.2 Å². The van der Waals surface area contributed by atoms with Gasteiger partial charge in [-0.25, -0.2) is 4.98 Å². The van der Waals surface area contributed by atoms with E-state index in [1.165, 1.54) is 5.39 Å². The molecule has 2 nitrogen and oxygen atoms in total. The van der Waals surface area contributed by atoms with Crippen LogP contribution in [0.2, 0.25) is 0 Å². The number of hydrogen-bond acceptors (Lipinski definition) is 2. The maximum Gasteiger partial charge on any atom is 0.233 e. The van der Waals surface area contributed by atoms with Gasteiger partial charge in [0.15, 0.2) is 0 Å². The first-order valence-electron chi connectivity index (χ1n) is 6.12. The minimum atomic E-state index is 0.585. The van der Waals surface area contributed by atoms with Gasteiger partial charge in [0.05, 0.1) is 4.47 Å². The molecule has 0 aliphatic rings. The van der Waals surface area contributed by atoms with Gasteiger partial charge < -0.3 is 4.74 Å². The summed E-state index contributed by atoms with van der Waals surface area (Å²) in [6.07, 6.45) is 1.74. The summed E-state index contributed by atoms with van der Waals surface area (Å²) >= 11 is 6.98. The van der Waals surface area contributed by atoms with E-state index in [1.54, 1.807) is 6.20 Å². The van der Waals surface area contributed by atoms with Gasteiger partial charge in [-0.05, 0) is 69.5 Å². The first kappa shape index (κ1) is 13.6. The van der Waals surface area contributed by atoms with Crippen molar-refractivity contribution in [2.45, 2.75) is 6.92 Å². The third kappa shape index (κ3) is 2.72. The lowest BCUT2D eigenvalue weighted by Crippen LogP contribution is -1.90. The molecular weight excluding hydrogens is 382 g/mol. The first-order valence-corrected chi connectivity index (χ1v) is 7.70. The Labute approximate surface area is 134 Å². The molecule has 0 fully saturated rings. The highest BCUT2D eigenvalue weighted by molar-refractivity contribution is 9.10. The zero-order valence-corrected chi connectivity index (χ0v) is 13.9. The summed E-state index contributed by atoms with van der Waals surface area (Å²) in [7, 11) is 0. The number of pyridine rings is 1. The minimum absolute atomic E-state index is 0.585. The topological polar surface area (TPSA) is 22.1 Å². The molecule has 0 saturated heterocycles. The first-order chi connectivity index (χ1) is 9.63. The lowest BCUT2D eigenvalue weighted by Gasteiger charge is -2.09. The van der Waals surface area contributed by atoms with E-state index in [2.05, 4.69) is 49.0 Å². The summed E-state index contributed by atoms with van der Waals surface area (Å²) < 4.78 is 7.81. The molecule has 20 heavy (non-hydrogen) atoms. The van der Waals surface area contributed by atoms with E-state index in [0.717, 1.165) is 25.6 Å². The predicted octanol–water partition coefficient (Wildman–Crippen LogP) is 5.86. The van der Waals surface area contributed by atoms with E-state index >= 15 is 0 Å². The Kier molecular flexibility index (Phi) is 3.76. The van der Waals surface area contributed by atoms with E-state index < -0.39 is 0 Å². The van der Waals surface area contributed by atoms with Crippen molar-refractivity contribution >= 4 is 42.6 Å². The second-order valence-electron chi connectivity index (χ2n) is 4.50. The monoisotopic (exact) mass is 391 g/mol. The van der Waals surface area contributed by atoms with Crippen LogP contribution in [0.3, 0.4) is 0 Å². The number of halogens is 2. The third-order valence-corrected chi connectivity index (χ3v) is 4.50. The van der Waals surface area contributed by atoms with Gasteiger partial charge in [0.2, 0.25) is 5.88 Å². The Morgan fingerprint density at radius 2 is 1.70 bits per heavy atom. The molecule has 0 amide bonds. The predicted molar refractivity (Wildman–Crippen MR) is 88.4 cm³/mol. The van der Waals surface area contributed by atoms with Crippen molar-refractivity contribution in [2.75, 3.05) is 0 Å². The smallest absolute Gasteiger partial charge is 0.233 e. The van der Waals surface area contributed by atoms with Crippen LogP contribution < -0.4 is 4.74 Å². The molecule has 0 radical (unpaired) electrons. The fraction of sp³-hybridized carbons (Fsp3) is 0.0625. The Morgan fingerprint density at radius 1 is 0.950 bits per heavy atom. The van der Waals surface area contributed by atoms with Gasteiger partial charge in [0.25, 0.3) is 0 Å². The van der Waals surface area contributed by atoms with E-state index in [1.807, 2.05) is 37.3 Å². The molecule has 100 valence electrons. The van der Waals surface area contributed by atoms with Gasteiger partial charge in [-0.3, -0.25) is 0 Å². The van der Waals surface area contributed by atoms with Crippen molar-refractivity contribution in [3.63, 3.8) is 0 Å². The van der Waals surface area contributed by atoms with Crippen LogP contribution in [0.4, 0.5) is 0 Å². The van der Waals surface area contributed by atoms with Gasteiger partial charge in [0, 0.05) is 10.7 Å². The molecule has 2 aromatic carbocycles. The van der Waals surface area contributed by atoms with Crippen molar-refractivity contribution in [3.8, 4) is 11.6 Å². The summed E-state index contributed by atoms with van der Waals surface area (Å²) in [5.74, 6) is 1.36. The fourth-order valence-electron chi connectivity index (χ4n) is 1.96. The molecule has 3 aromatic rings. The Morgan fingerprint density at radius 3 is 2.55 bits per heavy atom. The molecule has 0 N–H and O–H groups in total. The molecule has 0 spiro atoms. The van der Waals surface area contributed by atoms with Crippen LogP contribution in [0.5, 0.6) is 11.6 Å². The summed E-state index contributed by atoms with van der Waals surface area (Å²) in [6, 6.07) is 14.1. The number of rotatable bonds is 2. The van der Waals surface area contributed by atoms with Crippen LogP contribution in [0.1, 0.15) is 5.56 Å². The number of aryl methyl sites for hydroxylation is 1. The number of fused-ring (bicyclic) bond motifs is 1. The van der Waals surface area contributed by atoms with Crippen LogP contribution in [-0.2, 0) is 0 Å². The number of benzene rings is 2. The highest BCUT2D eigenvalue weighted by Crippen LogP contribution is 2.31. The van der Waals surface area contributed by atoms with Crippen molar-refractivity contribution in [1.29, 1.82) is 0 Å². The number of aromatic nitrogens is 1. The standard InChI is InChI=1S/C16H11Br2NO/c1-10-6-7-19-16(15(10)18)20-14-5-3-11-8-13(17)4-2-12(11)9-14/h2-9H,1H3. The molecule has 1 heterocycles. The second kappa shape index (κ2) is 5.54. The molecule has 0 atom stereocenters. The van der Waals surface area contributed by atoms with Gasteiger partial charge in [-0.1, -0.05) is 28.1 Å². The molecule has 0 unspecified atom stereocenters. The number of nitrogens with zero attached hydrogens (tertiary/aromatic N) is 1. The minimum Gasteiger partial charge on any atom is -0.438 e. The largest absolute Gasteiger partial charge is 0.438 e. The van der Waals surface area contributed by atoms with Crippen molar-refractivity contribution in [2.24, 2.45) is 0 Å². The molecule has 0 aliphatic carbocycles. The molecule has 0 bridgehead atoms. The second-order valence-corrected chi connectivity index (χ2v) is 6.21. The lowest BCUT2D eigenvalue weighted by molar-refractivity contribution is 0.460. The zero-order valence-electron chi connectivity index (χ0n) is 10.7. The average molecular weight is 393 g/mol. The van der Waals surface area contributed by atoms with E-state index in [9.17, 15) is 0 Å². The fourth-order valence-corrected chi connectivity index (χ4v) is 2.65. The van der Waals surface area contributed by atoms with Crippen LogP contribution in [-0.4, -0.2) is 4.98 Å².